The maximum atomic E-state index is 13.7. The monoisotopic (exact) mass is 264 g/mol. The average Bonchev–Trinajstić information content (AvgIpc) is 2.63. The van der Waals surface area contributed by atoms with Crippen LogP contribution in [0.25, 0.3) is 0 Å². The zero-order valence-corrected chi connectivity index (χ0v) is 11.9. The number of rotatable bonds is 4. The van der Waals surface area contributed by atoms with Gasteiger partial charge < -0.3 is 10.6 Å². The lowest BCUT2D eigenvalue weighted by atomic mass is 9.98. The van der Waals surface area contributed by atoms with E-state index in [0.717, 1.165) is 36.7 Å². The molecular weight excluding hydrogens is 239 g/mol. The molecule has 1 heterocycles. The Morgan fingerprint density at radius 3 is 2.84 bits per heavy atom. The molecule has 1 saturated heterocycles. The number of halogens is 1. The Labute approximate surface area is 115 Å². The van der Waals surface area contributed by atoms with Gasteiger partial charge >= 0.3 is 0 Å². The molecule has 3 heteroatoms. The van der Waals surface area contributed by atoms with Crippen molar-refractivity contribution in [3.05, 3.63) is 29.6 Å². The van der Waals surface area contributed by atoms with Crippen LogP contribution in [0.3, 0.4) is 0 Å². The number of benzene rings is 1. The smallest absolute Gasteiger partial charge is 0.125 e. The number of hydrogen-bond acceptors (Lipinski definition) is 2. The molecular formula is C16H25FN2. The first-order valence-corrected chi connectivity index (χ1v) is 7.47. The molecule has 1 unspecified atom stereocenters. The number of anilines is 1. The second kappa shape index (κ2) is 6.90. The zero-order chi connectivity index (χ0) is 13.7. The summed E-state index contributed by atoms with van der Waals surface area (Å²) in [6.07, 6.45) is 5.74. The fraction of sp³-hybridized carbons (Fsp3) is 0.625. The van der Waals surface area contributed by atoms with Gasteiger partial charge in [0.15, 0.2) is 0 Å². The summed E-state index contributed by atoms with van der Waals surface area (Å²) in [6, 6.07) is 5.36. The van der Waals surface area contributed by atoms with E-state index in [9.17, 15) is 4.39 Å². The topological polar surface area (TPSA) is 29.3 Å². The molecule has 0 radical (unpaired) electrons. The molecule has 2 nitrogen and oxygen atoms in total. The molecule has 0 amide bonds. The fourth-order valence-electron chi connectivity index (χ4n) is 2.96. The lowest BCUT2D eigenvalue weighted by Crippen LogP contribution is -2.24. The molecule has 1 atom stereocenters. The summed E-state index contributed by atoms with van der Waals surface area (Å²) < 4.78 is 13.7. The van der Waals surface area contributed by atoms with E-state index >= 15 is 0 Å². The van der Waals surface area contributed by atoms with Crippen molar-refractivity contribution in [3.63, 3.8) is 0 Å². The lowest BCUT2D eigenvalue weighted by Gasteiger charge is -2.23. The van der Waals surface area contributed by atoms with E-state index in [2.05, 4.69) is 17.9 Å². The third-order valence-corrected chi connectivity index (χ3v) is 4.17. The molecule has 106 valence electrons. The Bertz CT molecular complexity index is 406. The van der Waals surface area contributed by atoms with Gasteiger partial charge in [-0.1, -0.05) is 13.3 Å². The quantitative estimate of drug-likeness (QED) is 0.903. The van der Waals surface area contributed by atoms with Crippen molar-refractivity contribution in [2.24, 2.45) is 11.7 Å². The van der Waals surface area contributed by atoms with E-state index in [-0.39, 0.29) is 5.82 Å². The number of nitrogens with two attached hydrogens (primary N) is 1. The molecule has 1 aromatic carbocycles. The Morgan fingerprint density at radius 2 is 2.11 bits per heavy atom. The largest absolute Gasteiger partial charge is 0.371 e. The van der Waals surface area contributed by atoms with Crippen LogP contribution >= 0.6 is 0 Å². The second-order valence-corrected chi connectivity index (χ2v) is 5.55. The van der Waals surface area contributed by atoms with E-state index in [1.807, 2.05) is 0 Å². The summed E-state index contributed by atoms with van der Waals surface area (Å²) in [5.74, 6) is 0.694. The van der Waals surface area contributed by atoms with Crippen molar-refractivity contribution >= 4 is 5.69 Å². The molecule has 0 spiro atoms. The second-order valence-electron chi connectivity index (χ2n) is 5.55. The Balaban J connectivity index is 2.12. The summed E-state index contributed by atoms with van der Waals surface area (Å²) in [6.45, 7) is 4.93. The Morgan fingerprint density at radius 1 is 1.26 bits per heavy atom. The molecule has 1 aliphatic rings. The molecule has 2 N–H and O–H groups in total. The SMILES string of the molecule is CCC1CCCN(c2cc(F)cc(CCN)c2)CC1. The van der Waals surface area contributed by atoms with Crippen molar-refractivity contribution in [2.75, 3.05) is 24.5 Å². The molecule has 1 aliphatic heterocycles. The highest BCUT2D eigenvalue weighted by molar-refractivity contribution is 5.49. The maximum Gasteiger partial charge on any atom is 0.125 e. The summed E-state index contributed by atoms with van der Waals surface area (Å²) in [5.41, 5.74) is 7.60. The van der Waals surface area contributed by atoms with Crippen molar-refractivity contribution in [1.29, 1.82) is 0 Å². The zero-order valence-electron chi connectivity index (χ0n) is 11.9. The highest BCUT2D eigenvalue weighted by Gasteiger charge is 2.16. The van der Waals surface area contributed by atoms with Crippen molar-refractivity contribution < 1.29 is 4.39 Å². The lowest BCUT2D eigenvalue weighted by molar-refractivity contribution is 0.459. The van der Waals surface area contributed by atoms with Crippen molar-refractivity contribution in [2.45, 2.75) is 39.0 Å². The molecule has 19 heavy (non-hydrogen) atoms. The Kier molecular flexibility index (Phi) is 5.20. The summed E-state index contributed by atoms with van der Waals surface area (Å²) in [4.78, 5) is 2.33. The van der Waals surface area contributed by atoms with E-state index in [1.165, 1.54) is 25.7 Å². The molecule has 0 aliphatic carbocycles. The standard InChI is InChI=1S/C16H25FN2/c1-2-13-4-3-8-19(9-6-13)16-11-14(5-7-18)10-15(17)12-16/h10-13H,2-9,18H2,1H3. The van der Waals surface area contributed by atoms with Crippen molar-refractivity contribution in [1.82, 2.24) is 0 Å². The highest BCUT2D eigenvalue weighted by Crippen LogP contribution is 2.26. The van der Waals surface area contributed by atoms with Gasteiger partial charge in [0.2, 0.25) is 0 Å². The molecule has 1 fully saturated rings. The number of nitrogens with zero attached hydrogens (tertiary/aromatic N) is 1. The third-order valence-electron chi connectivity index (χ3n) is 4.17. The molecule has 0 saturated carbocycles. The van der Waals surface area contributed by atoms with E-state index < -0.39 is 0 Å². The molecule has 2 rings (SSSR count). The predicted molar refractivity (Wildman–Crippen MR) is 79.0 cm³/mol. The van der Waals surface area contributed by atoms with Gasteiger partial charge in [0.25, 0.3) is 0 Å². The van der Waals surface area contributed by atoms with E-state index in [1.54, 1.807) is 12.1 Å². The number of hydrogen-bond donors (Lipinski definition) is 1. The van der Waals surface area contributed by atoms with Crippen molar-refractivity contribution in [3.8, 4) is 0 Å². The third kappa shape index (κ3) is 3.93. The molecule has 0 aromatic heterocycles. The fourth-order valence-corrected chi connectivity index (χ4v) is 2.96. The first-order chi connectivity index (χ1) is 9.22. The Hall–Kier alpha value is -1.09. The maximum absolute atomic E-state index is 13.7. The first-order valence-electron chi connectivity index (χ1n) is 7.47. The van der Waals surface area contributed by atoms with Crippen LogP contribution in [0.15, 0.2) is 18.2 Å². The van der Waals surface area contributed by atoms with Crippen LogP contribution in [-0.4, -0.2) is 19.6 Å². The van der Waals surface area contributed by atoms with Gasteiger partial charge in [-0.15, -0.1) is 0 Å². The minimum absolute atomic E-state index is 0.141. The highest BCUT2D eigenvalue weighted by atomic mass is 19.1. The van der Waals surface area contributed by atoms with Crippen LogP contribution in [0.4, 0.5) is 10.1 Å². The molecule has 0 bridgehead atoms. The van der Waals surface area contributed by atoms with Gasteiger partial charge in [0, 0.05) is 18.8 Å². The average molecular weight is 264 g/mol. The van der Waals surface area contributed by atoms with Gasteiger partial charge in [-0.2, -0.15) is 0 Å². The van der Waals surface area contributed by atoms with E-state index in [0.29, 0.717) is 6.54 Å². The van der Waals surface area contributed by atoms with Crippen LogP contribution in [0.2, 0.25) is 0 Å². The summed E-state index contributed by atoms with van der Waals surface area (Å²) in [5, 5.41) is 0. The normalized spacial score (nSPS) is 20.4. The van der Waals surface area contributed by atoms with Crippen LogP contribution in [-0.2, 0) is 6.42 Å². The predicted octanol–water partition coefficient (Wildman–Crippen LogP) is 3.34. The first kappa shape index (κ1) is 14.3. The van der Waals surface area contributed by atoms with Crippen LogP contribution in [0.1, 0.15) is 38.2 Å². The summed E-state index contributed by atoms with van der Waals surface area (Å²) >= 11 is 0. The van der Waals surface area contributed by atoms with Gasteiger partial charge in [0.05, 0.1) is 0 Å². The summed E-state index contributed by atoms with van der Waals surface area (Å²) in [7, 11) is 0. The van der Waals surface area contributed by atoms with E-state index in [4.69, 9.17) is 5.73 Å². The minimum Gasteiger partial charge on any atom is -0.371 e. The van der Waals surface area contributed by atoms with Gasteiger partial charge in [0.1, 0.15) is 5.82 Å². The molecule has 1 aromatic rings. The van der Waals surface area contributed by atoms with Crippen LogP contribution in [0, 0.1) is 11.7 Å². The van der Waals surface area contributed by atoms with Gasteiger partial charge in [-0.25, -0.2) is 4.39 Å². The van der Waals surface area contributed by atoms with Gasteiger partial charge in [-0.3, -0.25) is 0 Å². The van der Waals surface area contributed by atoms with Crippen LogP contribution in [0.5, 0.6) is 0 Å². The van der Waals surface area contributed by atoms with Gasteiger partial charge in [-0.05, 0) is 61.9 Å². The minimum atomic E-state index is -0.141. The van der Waals surface area contributed by atoms with Crippen LogP contribution < -0.4 is 10.6 Å².